The van der Waals surface area contributed by atoms with Crippen molar-refractivity contribution in [2.45, 2.75) is 20.8 Å². The van der Waals surface area contributed by atoms with Gasteiger partial charge in [-0.05, 0) is 44.5 Å². The fourth-order valence-corrected chi connectivity index (χ4v) is 1.87. The lowest BCUT2D eigenvalue weighted by Gasteiger charge is -1.99. The Labute approximate surface area is 103 Å². The molecule has 0 radical (unpaired) electrons. The molecule has 0 saturated heterocycles. The third-order valence-electron chi connectivity index (χ3n) is 3.17. The molecular weight excluding hydrogens is 208 g/mol. The van der Waals surface area contributed by atoms with Crippen molar-refractivity contribution in [1.82, 2.24) is 4.57 Å². The first kappa shape index (κ1) is 11.6. The minimum Gasteiger partial charge on any atom is -0.352 e. The Morgan fingerprint density at radius 1 is 1.12 bits per heavy atom. The molecule has 0 fully saturated rings. The smallest absolute Gasteiger partial charge is 0.0632 e. The standard InChI is InChI=1S/C15H18N2/c1-11-6-5-7-15(8-11)16-10-14-9-12(2)17(4)13(14)3/h5-10H,1-4H3. The van der Waals surface area contributed by atoms with Crippen molar-refractivity contribution in [3.8, 4) is 0 Å². The van der Waals surface area contributed by atoms with Crippen LogP contribution in [0, 0.1) is 20.8 Å². The number of benzene rings is 1. The van der Waals surface area contributed by atoms with Crippen molar-refractivity contribution in [3.63, 3.8) is 0 Å². The molecule has 2 rings (SSSR count). The van der Waals surface area contributed by atoms with Crippen molar-refractivity contribution in [1.29, 1.82) is 0 Å². The fraction of sp³-hybridized carbons (Fsp3) is 0.267. The topological polar surface area (TPSA) is 17.3 Å². The maximum Gasteiger partial charge on any atom is 0.0632 e. The lowest BCUT2D eigenvalue weighted by molar-refractivity contribution is 0.843. The van der Waals surface area contributed by atoms with E-state index in [1.165, 1.54) is 22.5 Å². The summed E-state index contributed by atoms with van der Waals surface area (Å²) in [6, 6.07) is 10.4. The summed E-state index contributed by atoms with van der Waals surface area (Å²) in [5, 5.41) is 0. The molecule has 2 heteroatoms. The van der Waals surface area contributed by atoms with Gasteiger partial charge < -0.3 is 4.57 Å². The molecule has 1 heterocycles. The number of hydrogen-bond donors (Lipinski definition) is 0. The van der Waals surface area contributed by atoms with E-state index in [0.29, 0.717) is 0 Å². The monoisotopic (exact) mass is 226 g/mol. The average Bonchev–Trinajstić information content (AvgIpc) is 2.54. The highest BCUT2D eigenvalue weighted by molar-refractivity contribution is 5.83. The zero-order valence-corrected chi connectivity index (χ0v) is 10.9. The molecule has 2 nitrogen and oxygen atoms in total. The lowest BCUT2D eigenvalue weighted by Crippen LogP contribution is -1.93. The summed E-state index contributed by atoms with van der Waals surface area (Å²) in [6.45, 7) is 6.30. The number of aryl methyl sites for hydroxylation is 2. The van der Waals surface area contributed by atoms with E-state index in [1.807, 2.05) is 18.3 Å². The van der Waals surface area contributed by atoms with E-state index >= 15 is 0 Å². The van der Waals surface area contributed by atoms with Gasteiger partial charge in [0.15, 0.2) is 0 Å². The third-order valence-corrected chi connectivity index (χ3v) is 3.17. The predicted molar refractivity (Wildman–Crippen MR) is 73.3 cm³/mol. The van der Waals surface area contributed by atoms with Crippen molar-refractivity contribution in [2.75, 3.05) is 0 Å². The van der Waals surface area contributed by atoms with Crippen LogP contribution in [0.3, 0.4) is 0 Å². The predicted octanol–water partition coefficient (Wildman–Crippen LogP) is 3.70. The molecule has 0 atom stereocenters. The Kier molecular flexibility index (Phi) is 3.14. The summed E-state index contributed by atoms with van der Waals surface area (Å²) in [5.41, 5.74) is 5.94. The zero-order valence-electron chi connectivity index (χ0n) is 10.9. The van der Waals surface area contributed by atoms with Crippen LogP contribution in [0.15, 0.2) is 35.3 Å². The maximum atomic E-state index is 4.51. The molecule has 0 amide bonds. The van der Waals surface area contributed by atoms with Gasteiger partial charge in [0.05, 0.1) is 5.69 Å². The highest BCUT2D eigenvalue weighted by Gasteiger charge is 2.02. The van der Waals surface area contributed by atoms with Crippen LogP contribution < -0.4 is 0 Å². The van der Waals surface area contributed by atoms with E-state index in [9.17, 15) is 0 Å². The largest absolute Gasteiger partial charge is 0.352 e. The van der Waals surface area contributed by atoms with Gasteiger partial charge in [0.25, 0.3) is 0 Å². The van der Waals surface area contributed by atoms with Gasteiger partial charge in [-0.3, -0.25) is 4.99 Å². The molecule has 0 spiro atoms. The number of nitrogens with zero attached hydrogens (tertiary/aromatic N) is 2. The van der Waals surface area contributed by atoms with Crippen molar-refractivity contribution in [3.05, 3.63) is 52.8 Å². The lowest BCUT2D eigenvalue weighted by atomic mass is 10.2. The van der Waals surface area contributed by atoms with Crippen LogP contribution in [0.25, 0.3) is 0 Å². The molecule has 2 aromatic rings. The average molecular weight is 226 g/mol. The number of aliphatic imine (C=N–C) groups is 1. The second-order valence-electron chi connectivity index (χ2n) is 4.48. The second-order valence-corrected chi connectivity index (χ2v) is 4.48. The summed E-state index contributed by atoms with van der Waals surface area (Å²) < 4.78 is 2.18. The molecule has 0 saturated carbocycles. The summed E-state index contributed by atoms with van der Waals surface area (Å²) in [4.78, 5) is 4.51. The summed E-state index contributed by atoms with van der Waals surface area (Å²) in [7, 11) is 2.08. The molecule has 88 valence electrons. The van der Waals surface area contributed by atoms with Crippen molar-refractivity contribution in [2.24, 2.45) is 12.0 Å². The van der Waals surface area contributed by atoms with Crippen LogP contribution in [0.5, 0.6) is 0 Å². The minimum absolute atomic E-state index is 1.01. The Bertz CT molecular complexity index is 562. The minimum atomic E-state index is 1.01. The van der Waals surface area contributed by atoms with Gasteiger partial charge >= 0.3 is 0 Å². The van der Waals surface area contributed by atoms with E-state index in [1.54, 1.807) is 0 Å². The first-order chi connectivity index (χ1) is 8.08. The summed E-state index contributed by atoms with van der Waals surface area (Å²) >= 11 is 0. The van der Waals surface area contributed by atoms with Gasteiger partial charge in [0.1, 0.15) is 0 Å². The summed E-state index contributed by atoms with van der Waals surface area (Å²) in [5.74, 6) is 0. The molecule has 0 aliphatic heterocycles. The van der Waals surface area contributed by atoms with Crippen LogP contribution in [-0.4, -0.2) is 10.8 Å². The first-order valence-corrected chi connectivity index (χ1v) is 5.81. The Morgan fingerprint density at radius 3 is 2.47 bits per heavy atom. The number of hydrogen-bond acceptors (Lipinski definition) is 1. The van der Waals surface area contributed by atoms with Crippen LogP contribution in [-0.2, 0) is 7.05 Å². The van der Waals surface area contributed by atoms with Gasteiger partial charge in [-0.25, -0.2) is 0 Å². The maximum absolute atomic E-state index is 4.51. The van der Waals surface area contributed by atoms with E-state index in [0.717, 1.165) is 5.69 Å². The van der Waals surface area contributed by atoms with E-state index in [2.05, 4.69) is 55.6 Å². The van der Waals surface area contributed by atoms with Gasteiger partial charge in [-0.1, -0.05) is 12.1 Å². The van der Waals surface area contributed by atoms with Gasteiger partial charge in [0.2, 0.25) is 0 Å². The van der Waals surface area contributed by atoms with Crippen LogP contribution in [0.4, 0.5) is 5.69 Å². The van der Waals surface area contributed by atoms with Gasteiger partial charge in [0, 0.05) is 30.2 Å². The molecule has 1 aromatic heterocycles. The zero-order chi connectivity index (χ0) is 12.4. The Balaban J connectivity index is 2.29. The molecule has 0 N–H and O–H groups in total. The Morgan fingerprint density at radius 2 is 1.88 bits per heavy atom. The SMILES string of the molecule is Cc1cccc(N=Cc2cc(C)n(C)c2C)c1. The molecule has 0 aliphatic carbocycles. The van der Waals surface area contributed by atoms with E-state index in [-0.39, 0.29) is 0 Å². The van der Waals surface area contributed by atoms with Crippen LogP contribution in [0.2, 0.25) is 0 Å². The molecule has 0 aliphatic rings. The third kappa shape index (κ3) is 2.47. The van der Waals surface area contributed by atoms with Crippen LogP contribution in [0.1, 0.15) is 22.5 Å². The van der Waals surface area contributed by atoms with Crippen LogP contribution >= 0.6 is 0 Å². The molecule has 0 unspecified atom stereocenters. The highest BCUT2D eigenvalue weighted by Crippen LogP contribution is 2.15. The van der Waals surface area contributed by atoms with Crippen molar-refractivity contribution < 1.29 is 0 Å². The Hall–Kier alpha value is -1.83. The fourth-order valence-electron chi connectivity index (χ4n) is 1.87. The van der Waals surface area contributed by atoms with Gasteiger partial charge in [-0.2, -0.15) is 0 Å². The molecule has 1 aromatic carbocycles. The normalized spacial score (nSPS) is 11.3. The number of rotatable bonds is 2. The highest BCUT2D eigenvalue weighted by atomic mass is 14.9. The molecule has 17 heavy (non-hydrogen) atoms. The molecule has 0 bridgehead atoms. The van der Waals surface area contributed by atoms with Crippen molar-refractivity contribution >= 4 is 11.9 Å². The molecular formula is C15H18N2. The quantitative estimate of drug-likeness (QED) is 0.695. The first-order valence-electron chi connectivity index (χ1n) is 5.81. The number of aromatic nitrogens is 1. The summed E-state index contributed by atoms with van der Waals surface area (Å²) in [6.07, 6.45) is 1.94. The van der Waals surface area contributed by atoms with Gasteiger partial charge in [-0.15, -0.1) is 0 Å². The van der Waals surface area contributed by atoms with E-state index in [4.69, 9.17) is 0 Å². The van der Waals surface area contributed by atoms with E-state index < -0.39 is 0 Å². The second kappa shape index (κ2) is 4.58.